The maximum absolute atomic E-state index is 12.8. The van der Waals surface area contributed by atoms with Gasteiger partial charge < -0.3 is 60.6 Å². The van der Waals surface area contributed by atoms with Gasteiger partial charge in [-0.25, -0.2) is 9.59 Å². The lowest BCUT2D eigenvalue weighted by Gasteiger charge is -2.45. The fourth-order valence-corrected chi connectivity index (χ4v) is 4.07. The van der Waals surface area contributed by atoms with Crippen LogP contribution in [0.3, 0.4) is 0 Å². The number of hydrogen-bond donors (Lipinski definition) is 9. The van der Waals surface area contributed by atoms with E-state index in [2.05, 4.69) is 10.6 Å². The van der Waals surface area contributed by atoms with Crippen LogP contribution < -0.4 is 10.6 Å². The molecule has 3 aliphatic rings. The first-order chi connectivity index (χ1) is 15.2. The van der Waals surface area contributed by atoms with E-state index in [0.717, 1.165) is 0 Å². The smallest absolute Gasteiger partial charge is 0.338 e. The summed E-state index contributed by atoms with van der Waals surface area (Å²) in [5, 5.41) is 74.6. The predicted molar refractivity (Wildman–Crippen MR) is 101 cm³/mol. The van der Waals surface area contributed by atoms with Gasteiger partial charge in [0.2, 0.25) is 0 Å². The molecule has 0 bridgehead atoms. The Labute approximate surface area is 182 Å². The Balaban J connectivity index is 2.07. The third kappa shape index (κ3) is 4.33. The molecule has 3 heterocycles. The molecular formula is C18H28N2O12. The first-order valence-corrected chi connectivity index (χ1v) is 10.1. The molecule has 10 atom stereocenters. The van der Waals surface area contributed by atoms with Gasteiger partial charge in [0.15, 0.2) is 0 Å². The molecule has 2 fully saturated rings. The number of aliphatic hydroxyl groups excluding tert-OH is 7. The number of ether oxygens (including phenoxy) is 3. The second-order valence-electron chi connectivity index (χ2n) is 7.68. The van der Waals surface area contributed by atoms with Crippen LogP contribution in [0.2, 0.25) is 0 Å². The van der Waals surface area contributed by atoms with Crippen LogP contribution >= 0.6 is 0 Å². The number of urea groups is 1. The summed E-state index contributed by atoms with van der Waals surface area (Å²) in [6.45, 7) is 0.0444. The third-order valence-corrected chi connectivity index (χ3v) is 5.72. The molecule has 3 aliphatic heterocycles. The number of amides is 2. The van der Waals surface area contributed by atoms with Crippen LogP contribution in [0.15, 0.2) is 11.3 Å². The van der Waals surface area contributed by atoms with E-state index < -0.39 is 86.2 Å². The maximum atomic E-state index is 12.8. The fourth-order valence-electron chi connectivity index (χ4n) is 4.07. The van der Waals surface area contributed by atoms with Crippen molar-refractivity contribution < 1.29 is 59.5 Å². The van der Waals surface area contributed by atoms with Crippen molar-refractivity contribution in [1.29, 1.82) is 0 Å². The highest BCUT2D eigenvalue weighted by Gasteiger charge is 2.53. The van der Waals surface area contributed by atoms with Crippen molar-refractivity contribution in [3.8, 4) is 0 Å². The van der Waals surface area contributed by atoms with Crippen molar-refractivity contribution in [2.45, 2.75) is 67.9 Å². The summed E-state index contributed by atoms with van der Waals surface area (Å²) in [6, 6.07) is -2.36. The molecule has 2 amide bonds. The Morgan fingerprint density at radius 2 is 1.53 bits per heavy atom. The number of carbonyl (C=O) groups excluding carboxylic acids is 2. The lowest BCUT2D eigenvalue weighted by Crippen LogP contribution is -2.67. The van der Waals surface area contributed by atoms with Gasteiger partial charge in [0, 0.05) is 0 Å². The topological polar surface area (TPSA) is 227 Å². The monoisotopic (exact) mass is 464 g/mol. The van der Waals surface area contributed by atoms with E-state index in [1.807, 2.05) is 0 Å². The van der Waals surface area contributed by atoms with E-state index in [9.17, 15) is 45.3 Å². The van der Waals surface area contributed by atoms with Crippen LogP contribution in [0.4, 0.5) is 4.79 Å². The normalized spacial score (nSPS) is 42.4. The molecule has 0 aromatic carbocycles. The molecule has 14 nitrogen and oxygen atoms in total. The van der Waals surface area contributed by atoms with Crippen LogP contribution in [-0.2, 0) is 19.0 Å². The Kier molecular flexibility index (Phi) is 7.69. The van der Waals surface area contributed by atoms with Crippen molar-refractivity contribution in [2.75, 3.05) is 19.8 Å². The maximum Gasteiger partial charge on any atom is 0.338 e. The third-order valence-electron chi connectivity index (χ3n) is 5.72. The number of carbonyl (C=O) groups is 2. The molecule has 9 N–H and O–H groups in total. The zero-order valence-electron chi connectivity index (χ0n) is 17.1. The van der Waals surface area contributed by atoms with E-state index in [-0.39, 0.29) is 17.9 Å². The largest absolute Gasteiger partial charge is 0.463 e. The molecule has 0 aromatic rings. The highest BCUT2D eigenvalue weighted by Crippen LogP contribution is 2.33. The molecule has 0 aliphatic carbocycles. The van der Waals surface area contributed by atoms with E-state index in [4.69, 9.17) is 14.2 Å². The molecular weight excluding hydrogens is 436 g/mol. The molecule has 0 aromatic heterocycles. The minimum atomic E-state index is -1.80. The molecule has 182 valence electrons. The summed E-state index contributed by atoms with van der Waals surface area (Å²) in [6.07, 6.45) is -13.9. The number of esters is 1. The molecule has 0 radical (unpaired) electrons. The van der Waals surface area contributed by atoms with Gasteiger partial charge in [0.05, 0.1) is 37.1 Å². The van der Waals surface area contributed by atoms with Gasteiger partial charge in [-0.3, -0.25) is 0 Å². The van der Waals surface area contributed by atoms with Crippen LogP contribution in [0.25, 0.3) is 0 Å². The van der Waals surface area contributed by atoms with E-state index in [1.165, 1.54) is 6.92 Å². The first kappa shape index (κ1) is 24.8. The summed E-state index contributed by atoms with van der Waals surface area (Å²) in [7, 11) is 0. The Hall–Kier alpha value is -1.88. The Bertz CT molecular complexity index is 745. The van der Waals surface area contributed by atoms with Gasteiger partial charge in [0.25, 0.3) is 0 Å². The summed E-state index contributed by atoms with van der Waals surface area (Å²) in [4.78, 5) is 25.2. The summed E-state index contributed by atoms with van der Waals surface area (Å²) >= 11 is 0. The molecule has 14 heteroatoms. The standard InChI is InChI=1S/C18H28N2O12/c1-2-30-17(28)7-8(15-13(26)11(24)6(4-22)32-15)19-18(29)20-9(7)16-14(27)12(25)10(23)5(3-21)31-16/h5-6,9-16,21-27H,2-4H2,1H3,(H2,19,20,29)/t5-,6-,9-,10+,11-,12+,13-,14-,15+,16+/m1/s1. The quantitative estimate of drug-likeness (QED) is 0.168. The lowest BCUT2D eigenvalue weighted by molar-refractivity contribution is -0.233. The average Bonchev–Trinajstić information content (AvgIpc) is 3.05. The zero-order valence-corrected chi connectivity index (χ0v) is 17.1. The van der Waals surface area contributed by atoms with Gasteiger partial charge in [-0.05, 0) is 6.92 Å². The van der Waals surface area contributed by atoms with Crippen LogP contribution in [0.5, 0.6) is 0 Å². The summed E-state index contributed by atoms with van der Waals surface area (Å²) < 4.78 is 16.0. The number of rotatable bonds is 6. The minimum Gasteiger partial charge on any atom is -0.463 e. The lowest BCUT2D eigenvalue weighted by atomic mass is 9.85. The van der Waals surface area contributed by atoms with Crippen LogP contribution in [0, 0.1) is 0 Å². The van der Waals surface area contributed by atoms with Crippen LogP contribution in [-0.4, -0.2) is 129 Å². The highest BCUT2D eigenvalue weighted by molar-refractivity contribution is 5.95. The van der Waals surface area contributed by atoms with Crippen molar-refractivity contribution in [2.24, 2.45) is 0 Å². The molecule has 32 heavy (non-hydrogen) atoms. The van der Waals surface area contributed by atoms with E-state index in [0.29, 0.717) is 0 Å². The number of nitrogens with one attached hydrogen (secondary N) is 2. The highest BCUT2D eigenvalue weighted by atomic mass is 16.6. The summed E-state index contributed by atoms with van der Waals surface area (Å²) in [5.74, 6) is -0.991. The molecule has 0 unspecified atom stereocenters. The van der Waals surface area contributed by atoms with Gasteiger partial charge in [-0.2, -0.15) is 0 Å². The second kappa shape index (κ2) is 9.94. The number of aliphatic hydroxyl groups is 7. The van der Waals surface area contributed by atoms with Crippen molar-refractivity contribution in [1.82, 2.24) is 10.6 Å². The first-order valence-electron chi connectivity index (χ1n) is 10.1. The van der Waals surface area contributed by atoms with Gasteiger partial charge in [0.1, 0.15) is 54.9 Å². The van der Waals surface area contributed by atoms with Gasteiger partial charge in [-0.15, -0.1) is 0 Å². The van der Waals surface area contributed by atoms with Crippen molar-refractivity contribution in [3.05, 3.63) is 11.3 Å². The predicted octanol–water partition coefficient (Wildman–Crippen LogP) is -5.19. The zero-order chi connectivity index (χ0) is 23.7. The summed E-state index contributed by atoms with van der Waals surface area (Å²) in [5.41, 5.74) is -0.637. The SMILES string of the molecule is CCOC(=O)C1=C([C@@H]2O[C@H](CO)[C@@H](O)[C@H]2O)NC(=O)N[C@H]1[C@@H]1O[C@H](CO)[C@H](O)[C@H](O)[C@H]1O. The Morgan fingerprint density at radius 3 is 2.09 bits per heavy atom. The molecule has 0 saturated carbocycles. The average molecular weight is 464 g/mol. The van der Waals surface area contributed by atoms with Crippen molar-refractivity contribution >= 4 is 12.0 Å². The molecule has 0 spiro atoms. The molecule has 3 rings (SSSR count). The van der Waals surface area contributed by atoms with Crippen molar-refractivity contribution in [3.63, 3.8) is 0 Å². The van der Waals surface area contributed by atoms with Gasteiger partial charge in [-0.1, -0.05) is 0 Å². The fraction of sp³-hybridized carbons (Fsp3) is 0.778. The minimum absolute atomic E-state index is 0.0824. The van der Waals surface area contributed by atoms with Crippen LogP contribution in [0.1, 0.15) is 6.92 Å². The molecule has 2 saturated heterocycles. The van der Waals surface area contributed by atoms with E-state index >= 15 is 0 Å². The van der Waals surface area contributed by atoms with Gasteiger partial charge >= 0.3 is 12.0 Å². The van der Waals surface area contributed by atoms with E-state index in [1.54, 1.807) is 0 Å². The number of hydrogen-bond acceptors (Lipinski definition) is 12. The second-order valence-corrected chi connectivity index (χ2v) is 7.68. The Morgan fingerprint density at radius 1 is 0.938 bits per heavy atom.